The highest BCUT2D eigenvalue weighted by molar-refractivity contribution is 7.93. The monoisotopic (exact) mass is 446 g/mol. The number of rotatable bonds is 5. The Morgan fingerprint density at radius 3 is 2.39 bits per heavy atom. The van der Waals surface area contributed by atoms with Crippen molar-refractivity contribution < 1.29 is 18.5 Å². The lowest BCUT2D eigenvalue weighted by Gasteiger charge is -2.42. The molecule has 1 aromatic rings. The number of ether oxygens (including phenoxy) is 1. The van der Waals surface area contributed by atoms with Crippen LogP contribution in [-0.4, -0.2) is 58.2 Å². The number of benzene rings is 1. The number of carbonyl (C=O) groups is 2. The first kappa shape index (κ1) is 22.5. The van der Waals surface area contributed by atoms with Gasteiger partial charge in [0.2, 0.25) is 5.91 Å². The van der Waals surface area contributed by atoms with Crippen LogP contribution in [0.25, 0.3) is 0 Å². The maximum atomic E-state index is 13.5. The zero-order chi connectivity index (χ0) is 22.3. The number of amides is 2. The molecule has 3 aliphatic rings. The Morgan fingerprint density at radius 1 is 1.19 bits per heavy atom. The van der Waals surface area contributed by atoms with Crippen molar-refractivity contribution in [3.63, 3.8) is 0 Å². The zero-order valence-corrected chi connectivity index (χ0v) is 19.8. The topological polar surface area (TPSA) is 76.0 Å². The minimum Gasteiger partial charge on any atom is -0.377 e. The Bertz CT molecular complexity index is 946. The average Bonchev–Trinajstić information content (AvgIpc) is 3.35. The van der Waals surface area contributed by atoms with Gasteiger partial charge in [-0.3, -0.25) is 9.59 Å². The Balaban J connectivity index is 1.42. The first-order chi connectivity index (χ1) is 14.7. The van der Waals surface area contributed by atoms with Crippen molar-refractivity contribution in [1.82, 2.24) is 4.90 Å². The second-order valence-electron chi connectivity index (χ2n) is 9.68. The summed E-state index contributed by atoms with van der Waals surface area (Å²) in [6.45, 7) is 9.72. The van der Waals surface area contributed by atoms with Crippen LogP contribution in [0.1, 0.15) is 44.2 Å². The fraction of sp³-hybridized carbons (Fsp3) is 0.667. The summed E-state index contributed by atoms with van der Waals surface area (Å²) in [6.07, 6.45) is 1.01. The van der Waals surface area contributed by atoms with Gasteiger partial charge in [-0.05, 0) is 50.5 Å². The fourth-order valence-electron chi connectivity index (χ4n) is 5.31. The standard InChI is InChI=1S/C24H34N2O4S/c1-5-30-22-17(4)21(22)24(28)26-11-18-10-19(12-26)14-31(29,13-18)25-23(27)16(3)20-8-6-15(2)7-9-20/h6-9,16-19,21-22H,5,10-14H2,1-4H3. The van der Waals surface area contributed by atoms with Crippen molar-refractivity contribution >= 4 is 21.5 Å². The van der Waals surface area contributed by atoms with Crippen LogP contribution < -0.4 is 0 Å². The van der Waals surface area contributed by atoms with Crippen molar-refractivity contribution in [3.8, 4) is 0 Å². The molecule has 2 bridgehead atoms. The molecule has 1 saturated carbocycles. The van der Waals surface area contributed by atoms with E-state index in [4.69, 9.17) is 4.74 Å². The normalized spacial score (nSPS) is 35.4. The second-order valence-corrected chi connectivity index (χ2v) is 12.1. The van der Waals surface area contributed by atoms with Crippen molar-refractivity contribution in [3.05, 3.63) is 35.4 Å². The quantitative estimate of drug-likeness (QED) is 0.696. The van der Waals surface area contributed by atoms with Crippen molar-refractivity contribution in [1.29, 1.82) is 0 Å². The molecule has 2 heterocycles. The number of fused-ring (bicyclic) bond motifs is 2. The first-order valence-corrected chi connectivity index (χ1v) is 13.3. The zero-order valence-electron chi connectivity index (χ0n) is 19.0. The van der Waals surface area contributed by atoms with Gasteiger partial charge in [0.05, 0.1) is 27.7 Å². The predicted octanol–water partition coefficient (Wildman–Crippen LogP) is 3.24. The van der Waals surface area contributed by atoms with E-state index in [1.807, 2.05) is 49.9 Å². The summed E-state index contributed by atoms with van der Waals surface area (Å²) in [6, 6.07) is 7.83. The molecule has 2 saturated heterocycles. The number of nitrogens with zero attached hydrogens (tertiary/aromatic N) is 2. The van der Waals surface area contributed by atoms with Gasteiger partial charge < -0.3 is 9.64 Å². The van der Waals surface area contributed by atoms with Crippen molar-refractivity contribution in [2.75, 3.05) is 31.2 Å². The van der Waals surface area contributed by atoms with E-state index in [0.717, 1.165) is 17.5 Å². The third-order valence-corrected chi connectivity index (χ3v) is 9.57. The molecular formula is C24H34N2O4S. The lowest BCUT2D eigenvalue weighted by Crippen LogP contribution is -2.51. The number of hydrogen-bond donors (Lipinski definition) is 0. The summed E-state index contributed by atoms with van der Waals surface area (Å²) in [5.41, 5.74) is 2.04. The molecule has 0 spiro atoms. The van der Waals surface area contributed by atoms with Crippen LogP contribution in [0.3, 0.4) is 0 Å². The molecule has 4 rings (SSSR count). The van der Waals surface area contributed by atoms with Gasteiger partial charge in [0.15, 0.2) is 0 Å². The van der Waals surface area contributed by atoms with E-state index in [1.165, 1.54) is 0 Å². The molecule has 6 atom stereocenters. The highest BCUT2D eigenvalue weighted by atomic mass is 32.2. The summed E-state index contributed by atoms with van der Waals surface area (Å²) in [4.78, 5) is 27.7. The molecular weight excluding hydrogens is 412 g/mol. The van der Waals surface area contributed by atoms with E-state index < -0.39 is 15.6 Å². The molecule has 1 aromatic carbocycles. The number of carbonyl (C=O) groups excluding carboxylic acids is 2. The largest absolute Gasteiger partial charge is 0.377 e. The van der Waals surface area contributed by atoms with Gasteiger partial charge in [-0.15, -0.1) is 0 Å². The average molecular weight is 447 g/mol. The van der Waals surface area contributed by atoms with Gasteiger partial charge in [0, 0.05) is 31.2 Å². The third kappa shape index (κ3) is 4.72. The summed E-state index contributed by atoms with van der Waals surface area (Å²) >= 11 is 0. The lowest BCUT2D eigenvalue weighted by molar-refractivity contribution is -0.136. The van der Waals surface area contributed by atoms with Crippen LogP contribution in [0.5, 0.6) is 0 Å². The third-order valence-electron chi connectivity index (χ3n) is 7.07. The smallest absolute Gasteiger partial charge is 0.261 e. The second kappa shape index (κ2) is 8.66. The van der Waals surface area contributed by atoms with Crippen molar-refractivity contribution in [2.45, 2.75) is 46.1 Å². The molecule has 1 aliphatic carbocycles. The highest BCUT2D eigenvalue weighted by Crippen LogP contribution is 2.44. The van der Waals surface area contributed by atoms with E-state index >= 15 is 0 Å². The maximum absolute atomic E-state index is 13.5. The minimum absolute atomic E-state index is 0.0373. The number of hydrogen-bond acceptors (Lipinski definition) is 4. The van der Waals surface area contributed by atoms with Gasteiger partial charge in [0.1, 0.15) is 0 Å². The Kier molecular flexibility index (Phi) is 6.28. The van der Waals surface area contributed by atoms with Gasteiger partial charge in [-0.1, -0.05) is 36.8 Å². The molecule has 170 valence electrons. The van der Waals surface area contributed by atoms with Crippen LogP contribution in [0, 0.1) is 30.6 Å². The van der Waals surface area contributed by atoms with E-state index in [-0.39, 0.29) is 41.6 Å². The predicted molar refractivity (Wildman–Crippen MR) is 121 cm³/mol. The van der Waals surface area contributed by atoms with E-state index in [0.29, 0.717) is 31.2 Å². The van der Waals surface area contributed by atoms with Crippen molar-refractivity contribution in [2.24, 2.45) is 28.0 Å². The fourth-order valence-corrected chi connectivity index (χ4v) is 8.04. The van der Waals surface area contributed by atoms with E-state index in [9.17, 15) is 13.8 Å². The molecule has 0 aromatic heterocycles. The molecule has 2 amide bonds. The van der Waals surface area contributed by atoms with Gasteiger partial charge >= 0.3 is 0 Å². The van der Waals surface area contributed by atoms with Crippen LogP contribution in [-0.2, 0) is 24.1 Å². The van der Waals surface area contributed by atoms with Crippen LogP contribution in [0.2, 0.25) is 0 Å². The first-order valence-electron chi connectivity index (χ1n) is 11.4. The molecule has 31 heavy (non-hydrogen) atoms. The summed E-state index contributed by atoms with van der Waals surface area (Å²) < 4.78 is 23.5. The number of piperidine rings is 1. The molecule has 6 unspecified atom stereocenters. The highest BCUT2D eigenvalue weighted by Gasteiger charge is 2.55. The molecule has 2 aliphatic heterocycles. The maximum Gasteiger partial charge on any atom is 0.261 e. The Labute approximate surface area is 185 Å². The van der Waals surface area contributed by atoms with Gasteiger partial charge in [0.25, 0.3) is 5.91 Å². The Morgan fingerprint density at radius 2 is 1.81 bits per heavy atom. The molecule has 0 radical (unpaired) electrons. The summed E-state index contributed by atoms with van der Waals surface area (Å²) in [5, 5.41) is 0. The Hall–Kier alpha value is -1.73. The van der Waals surface area contributed by atoms with Crippen LogP contribution in [0.15, 0.2) is 28.6 Å². The van der Waals surface area contributed by atoms with Crippen LogP contribution >= 0.6 is 0 Å². The molecule has 3 fully saturated rings. The number of aryl methyl sites for hydroxylation is 1. The van der Waals surface area contributed by atoms with E-state index in [1.54, 1.807) is 0 Å². The van der Waals surface area contributed by atoms with Gasteiger partial charge in [-0.2, -0.15) is 4.36 Å². The minimum atomic E-state index is -2.58. The number of likely N-dealkylation sites (tertiary alicyclic amines) is 1. The van der Waals surface area contributed by atoms with Crippen LogP contribution in [0.4, 0.5) is 0 Å². The summed E-state index contributed by atoms with van der Waals surface area (Å²) in [5.74, 6) is 0.834. The summed E-state index contributed by atoms with van der Waals surface area (Å²) in [7, 11) is -2.58. The lowest BCUT2D eigenvalue weighted by atomic mass is 9.90. The molecule has 7 heteroatoms. The van der Waals surface area contributed by atoms with Gasteiger partial charge in [-0.25, -0.2) is 4.21 Å². The molecule has 6 nitrogen and oxygen atoms in total. The SMILES string of the molecule is CCOC1C(C)C1C(=O)N1CC2CC(C1)CS(=O)(=NC(=O)C(C)c1ccc(C)cc1)C2. The molecule has 0 N–H and O–H groups in total. The van der Waals surface area contributed by atoms with E-state index in [2.05, 4.69) is 11.3 Å².